The minimum Gasteiger partial charge on any atom is -0.451 e. The lowest BCUT2D eigenvalue weighted by Crippen LogP contribution is -2.60. The number of ether oxygens (including phenoxy) is 1. The van der Waals surface area contributed by atoms with Gasteiger partial charge in [0, 0.05) is 50.1 Å². The third-order valence-corrected chi connectivity index (χ3v) is 13.1. The van der Waals surface area contributed by atoms with Gasteiger partial charge in [0.05, 0.1) is 12.5 Å². The van der Waals surface area contributed by atoms with Crippen molar-refractivity contribution in [2.45, 2.75) is 147 Å². The van der Waals surface area contributed by atoms with Crippen LogP contribution in [0.15, 0.2) is 35.2 Å². The van der Waals surface area contributed by atoms with Crippen molar-refractivity contribution in [3.63, 3.8) is 0 Å². The molecule has 1 aliphatic carbocycles. The normalized spacial score (nSPS) is 25.1. The fourth-order valence-electron chi connectivity index (χ4n) is 8.09. The molecule has 1 aromatic heterocycles. The molecule has 1 aliphatic heterocycles. The average Bonchev–Trinajstić information content (AvgIpc) is 3.91. The number of likely N-dealkylation sites (N-methyl/N-ethyl adjacent to an activating group) is 3. The van der Waals surface area contributed by atoms with Gasteiger partial charge in [-0.05, 0) is 91.8 Å². The second-order valence-electron chi connectivity index (χ2n) is 18.0. The molecule has 0 saturated carbocycles. The first kappa shape index (κ1) is 53.4. The van der Waals surface area contributed by atoms with Crippen LogP contribution in [-0.4, -0.2) is 126 Å². The van der Waals surface area contributed by atoms with Crippen LogP contribution in [0.4, 0.5) is 13.2 Å². The Hall–Kier alpha value is -5.22. The molecule has 4 rings (SSSR count). The predicted octanol–water partition coefficient (Wildman–Crippen LogP) is 5.83. The van der Waals surface area contributed by atoms with Gasteiger partial charge in [0.1, 0.15) is 36.3 Å². The number of amides is 6. The molecule has 0 unspecified atom stereocenters. The largest absolute Gasteiger partial charge is 0.451 e. The van der Waals surface area contributed by atoms with Crippen molar-refractivity contribution in [2.75, 3.05) is 21.1 Å². The number of carbonyl (C=O) groups is 7. The van der Waals surface area contributed by atoms with Crippen LogP contribution in [0, 0.1) is 23.2 Å². The van der Waals surface area contributed by atoms with E-state index in [1.807, 2.05) is 31.4 Å². The molecule has 66 heavy (non-hydrogen) atoms. The predicted molar refractivity (Wildman–Crippen MR) is 243 cm³/mol. The van der Waals surface area contributed by atoms with E-state index in [9.17, 15) is 52.0 Å². The van der Waals surface area contributed by atoms with Crippen LogP contribution in [0.25, 0.3) is 10.1 Å². The lowest BCUT2D eigenvalue weighted by atomic mass is 9.97. The summed E-state index contributed by atoms with van der Waals surface area (Å²) in [6.45, 7) is 8.38. The van der Waals surface area contributed by atoms with E-state index in [4.69, 9.17) is 16.3 Å². The SMILES string of the molecule is CC(C)C[C@@H]1NC(=O)[C@H](Cc2csc3ccc(Cl)cc23)N(C)C(=O)[C@H](CC2=CCCC2)NC(=O)[C@H](CC(C)C)N(C)C(=O)[C@H](CC(F)(F)F)NC(=O)[C@@H](CCC#N)OC(=O)[C@H](C)N(C)C1=O. The van der Waals surface area contributed by atoms with Crippen molar-refractivity contribution in [3.05, 3.63) is 45.8 Å². The van der Waals surface area contributed by atoms with Crippen molar-refractivity contribution in [1.82, 2.24) is 30.7 Å². The summed E-state index contributed by atoms with van der Waals surface area (Å²) in [7, 11) is 3.80. The number of benzene rings is 1. The zero-order chi connectivity index (χ0) is 49.2. The van der Waals surface area contributed by atoms with Crippen LogP contribution >= 0.6 is 22.9 Å². The molecule has 3 N–H and O–H groups in total. The summed E-state index contributed by atoms with van der Waals surface area (Å²) in [6, 6.07) is -1.98. The van der Waals surface area contributed by atoms with Gasteiger partial charge in [-0.2, -0.15) is 18.4 Å². The van der Waals surface area contributed by atoms with E-state index < -0.39 is 103 Å². The van der Waals surface area contributed by atoms with Crippen LogP contribution in [0.3, 0.4) is 0 Å². The number of rotatable bonds is 11. The summed E-state index contributed by atoms with van der Waals surface area (Å²) in [5.41, 5.74) is 1.52. The number of halogens is 4. The van der Waals surface area contributed by atoms with E-state index in [-0.39, 0.29) is 43.9 Å². The highest BCUT2D eigenvalue weighted by Gasteiger charge is 2.43. The molecule has 20 heteroatoms. The third-order valence-electron chi connectivity index (χ3n) is 11.9. The van der Waals surface area contributed by atoms with Crippen molar-refractivity contribution in [3.8, 4) is 6.07 Å². The highest BCUT2D eigenvalue weighted by atomic mass is 35.5. The third kappa shape index (κ3) is 14.4. The van der Waals surface area contributed by atoms with Crippen molar-refractivity contribution < 1.29 is 51.5 Å². The second kappa shape index (κ2) is 23.5. The first-order chi connectivity index (χ1) is 30.9. The topological polar surface area (TPSA) is 198 Å². The number of cyclic esters (lactones) is 1. The summed E-state index contributed by atoms with van der Waals surface area (Å²) in [5.74, 6) is -7.30. The molecular formula is C46H61ClF3N7O8S. The number of nitrogens with one attached hydrogen (secondary N) is 3. The number of hydrogen-bond donors (Lipinski definition) is 3. The van der Waals surface area contributed by atoms with Crippen LogP contribution in [0.1, 0.15) is 98.0 Å². The Morgan fingerprint density at radius 3 is 2.03 bits per heavy atom. The van der Waals surface area contributed by atoms with Crippen molar-refractivity contribution >= 4 is 74.4 Å². The summed E-state index contributed by atoms with van der Waals surface area (Å²) < 4.78 is 48.8. The molecule has 2 heterocycles. The Morgan fingerprint density at radius 1 is 0.833 bits per heavy atom. The maximum Gasteiger partial charge on any atom is 0.391 e. The lowest BCUT2D eigenvalue weighted by molar-refractivity contribution is -0.166. The smallest absolute Gasteiger partial charge is 0.391 e. The van der Waals surface area contributed by atoms with Crippen LogP contribution in [0.5, 0.6) is 0 Å². The molecule has 1 fully saturated rings. The maximum absolute atomic E-state index is 15.0. The Labute approximate surface area is 392 Å². The molecular weight excluding hydrogens is 903 g/mol. The summed E-state index contributed by atoms with van der Waals surface area (Å²) in [6.07, 6.45) is -5.54. The summed E-state index contributed by atoms with van der Waals surface area (Å²) >= 11 is 7.80. The second-order valence-corrected chi connectivity index (χ2v) is 19.4. The molecule has 0 bridgehead atoms. The number of nitrogens with zero attached hydrogens (tertiary/aromatic N) is 4. The van der Waals surface area contributed by atoms with E-state index in [0.717, 1.165) is 45.3 Å². The highest BCUT2D eigenvalue weighted by molar-refractivity contribution is 7.17. The quantitative estimate of drug-likeness (QED) is 0.183. The van der Waals surface area contributed by atoms with E-state index in [0.29, 0.717) is 17.0 Å². The van der Waals surface area contributed by atoms with Gasteiger partial charge in [-0.15, -0.1) is 11.3 Å². The molecule has 0 radical (unpaired) electrons. The molecule has 6 amide bonds. The first-order valence-electron chi connectivity index (χ1n) is 22.1. The van der Waals surface area contributed by atoms with E-state index in [2.05, 4.69) is 16.0 Å². The number of fused-ring (bicyclic) bond motifs is 1. The standard InChI is InChI=1S/C46H61ClF3N7O8S/c1-25(2)18-32-42(61)55(6)27(5)45(64)65-37(14-11-17-51)41(60)54-34(23-46(48,49)50)44(63)56(7)35(19-26(3)4)39(58)53-33(20-28-12-9-10-13-28)43(62)57(8)36(40(59)52-32)21-29-24-66-38-16-15-30(47)22-31(29)38/h12,15-16,22,24-27,32-37H,9-11,13-14,18-21,23H2,1-8H3,(H,52,59)(H,53,58)(H,54,60)/t27-,32-,33-,34-,35-,36-,37+/m0/s1. The fraction of sp³-hybridized carbons (Fsp3) is 0.609. The highest BCUT2D eigenvalue weighted by Crippen LogP contribution is 2.31. The number of carbonyl (C=O) groups excluding carboxylic acids is 7. The Bertz CT molecular complexity index is 2190. The lowest BCUT2D eigenvalue weighted by Gasteiger charge is -2.35. The Balaban J connectivity index is 1.92. The van der Waals surface area contributed by atoms with Gasteiger partial charge in [0.25, 0.3) is 5.91 Å². The molecule has 7 atom stereocenters. The van der Waals surface area contributed by atoms with Gasteiger partial charge >= 0.3 is 12.1 Å². The van der Waals surface area contributed by atoms with E-state index in [1.165, 1.54) is 37.3 Å². The van der Waals surface area contributed by atoms with Gasteiger partial charge in [0.2, 0.25) is 29.5 Å². The Morgan fingerprint density at radius 2 is 1.42 bits per heavy atom. The van der Waals surface area contributed by atoms with Gasteiger partial charge < -0.3 is 35.4 Å². The molecule has 15 nitrogen and oxygen atoms in total. The van der Waals surface area contributed by atoms with Gasteiger partial charge in [-0.3, -0.25) is 28.8 Å². The monoisotopic (exact) mass is 963 g/mol. The number of allylic oxidation sites excluding steroid dienone is 1. The first-order valence-corrected chi connectivity index (χ1v) is 23.4. The van der Waals surface area contributed by atoms with Crippen molar-refractivity contribution in [2.24, 2.45) is 11.8 Å². The fourth-order valence-corrected chi connectivity index (χ4v) is 9.22. The molecule has 0 spiro atoms. The van der Waals surface area contributed by atoms with E-state index >= 15 is 0 Å². The zero-order valence-corrected chi connectivity index (χ0v) is 40.2. The molecule has 2 aliphatic rings. The molecule has 2 aromatic rings. The van der Waals surface area contributed by atoms with Crippen LogP contribution in [0.2, 0.25) is 5.02 Å². The molecule has 1 aromatic carbocycles. The average molecular weight is 965 g/mol. The minimum absolute atomic E-state index is 0.0221. The summed E-state index contributed by atoms with van der Waals surface area (Å²) in [5, 5.41) is 20.0. The van der Waals surface area contributed by atoms with Gasteiger partial charge in [-0.1, -0.05) is 50.9 Å². The maximum atomic E-state index is 15.0. The number of alkyl halides is 3. The Kier molecular flexibility index (Phi) is 19.0. The van der Waals surface area contributed by atoms with Gasteiger partial charge in [0.15, 0.2) is 6.10 Å². The number of esters is 1. The van der Waals surface area contributed by atoms with Crippen molar-refractivity contribution in [1.29, 1.82) is 5.26 Å². The molecule has 362 valence electrons. The van der Waals surface area contributed by atoms with E-state index in [1.54, 1.807) is 32.0 Å². The summed E-state index contributed by atoms with van der Waals surface area (Å²) in [4.78, 5) is 103. The zero-order valence-electron chi connectivity index (χ0n) is 38.6. The number of hydrogen-bond acceptors (Lipinski definition) is 10. The number of thiophene rings is 1. The minimum atomic E-state index is -5.01. The number of nitriles is 1. The molecule has 1 saturated heterocycles. The van der Waals surface area contributed by atoms with Crippen LogP contribution in [-0.2, 0) is 44.7 Å². The van der Waals surface area contributed by atoms with Crippen LogP contribution < -0.4 is 16.0 Å². The van der Waals surface area contributed by atoms with Gasteiger partial charge in [-0.25, -0.2) is 4.79 Å².